The molecule has 2 fully saturated rings. The number of halogens is 1. The van der Waals surface area contributed by atoms with Gasteiger partial charge in [-0.15, -0.1) is 0 Å². The predicted octanol–water partition coefficient (Wildman–Crippen LogP) is 3.22. The Labute approximate surface area is 254 Å². The van der Waals surface area contributed by atoms with Crippen molar-refractivity contribution in [1.29, 1.82) is 0 Å². The molecule has 4 atom stereocenters. The van der Waals surface area contributed by atoms with Crippen molar-refractivity contribution in [3.8, 4) is 0 Å². The summed E-state index contributed by atoms with van der Waals surface area (Å²) in [5.74, 6) is 1.12. The number of nitrogens with one attached hydrogen (secondary N) is 2. The van der Waals surface area contributed by atoms with Crippen LogP contribution in [0.15, 0.2) is 41.3 Å². The molecule has 1 unspecified atom stereocenters. The number of rotatable bonds is 8. The van der Waals surface area contributed by atoms with Gasteiger partial charge in [0.1, 0.15) is 5.15 Å². The summed E-state index contributed by atoms with van der Waals surface area (Å²) in [4.78, 5) is 38.0. The van der Waals surface area contributed by atoms with Gasteiger partial charge in [-0.1, -0.05) is 17.7 Å². The van der Waals surface area contributed by atoms with E-state index in [1.165, 1.54) is 6.07 Å². The molecule has 6 rings (SSSR count). The number of amides is 1. The Morgan fingerprint density at radius 1 is 1.16 bits per heavy atom. The van der Waals surface area contributed by atoms with Gasteiger partial charge >= 0.3 is 0 Å². The highest BCUT2D eigenvalue weighted by molar-refractivity contribution is 7.89. The standard InChI is InChI=1S/C29H33ClN8O4S/c1-6-38-28(40)18-12-15(2)11-17(16(3)31-22-7-8-23(30)32-26(22)27(39)35-43(5,41)42)25(18)33-29(38)37-13-19-20(14-37)24(19)21-9-10-36(4)34-21/h7-12,16,19-20,24,31H,6,13-14H2,1-5H3,(H,35,39)/t16-,19-,20+,24?/m1/s1. The Morgan fingerprint density at radius 3 is 2.51 bits per heavy atom. The first kappa shape index (κ1) is 29.1. The van der Waals surface area contributed by atoms with Crippen LogP contribution in [0.4, 0.5) is 11.6 Å². The van der Waals surface area contributed by atoms with Crippen molar-refractivity contribution in [1.82, 2.24) is 29.0 Å². The topological polar surface area (TPSA) is 144 Å². The molecule has 1 aromatic carbocycles. The summed E-state index contributed by atoms with van der Waals surface area (Å²) in [6.07, 6.45) is 2.86. The minimum atomic E-state index is -3.83. The van der Waals surface area contributed by atoms with Crippen LogP contribution in [0.5, 0.6) is 0 Å². The number of pyridine rings is 1. The van der Waals surface area contributed by atoms with Crippen LogP contribution in [-0.2, 0) is 23.6 Å². The molecule has 2 N–H and O–H groups in total. The molecule has 2 aliphatic rings. The lowest BCUT2D eigenvalue weighted by Gasteiger charge is -2.25. The Morgan fingerprint density at radius 2 is 1.88 bits per heavy atom. The number of benzene rings is 1. The molecule has 4 heterocycles. The first-order valence-electron chi connectivity index (χ1n) is 14.1. The number of carbonyl (C=O) groups is 1. The second kappa shape index (κ2) is 10.6. The average molecular weight is 625 g/mol. The predicted molar refractivity (Wildman–Crippen MR) is 165 cm³/mol. The van der Waals surface area contributed by atoms with E-state index in [1.54, 1.807) is 10.6 Å². The molecular formula is C29H33ClN8O4S. The van der Waals surface area contributed by atoms with E-state index in [-0.39, 0.29) is 22.1 Å². The summed E-state index contributed by atoms with van der Waals surface area (Å²) in [5, 5.41) is 8.43. The number of hydrogen-bond acceptors (Lipinski definition) is 9. The molecule has 43 heavy (non-hydrogen) atoms. The number of sulfonamides is 1. The fraction of sp³-hybridized carbons (Fsp3) is 0.414. The van der Waals surface area contributed by atoms with E-state index in [2.05, 4.69) is 26.4 Å². The van der Waals surface area contributed by atoms with Gasteiger partial charge in [0.25, 0.3) is 11.5 Å². The number of hydrogen-bond donors (Lipinski definition) is 2. The van der Waals surface area contributed by atoms with E-state index in [4.69, 9.17) is 16.6 Å². The lowest BCUT2D eigenvalue weighted by molar-refractivity contribution is 0.0977. The molecule has 1 saturated heterocycles. The van der Waals surface area contributed by atoms with Crippen LogP contribution < -0.4 is 20.5 Å². The summed E-state index contributed by atoms with van der Waals surface area (Å²) in [5.41, 5.74) is 3.35. The Bertz CT molecular complexity index is 1930. The molecule has 1 saturated carbocycles. The third kappa shape index (κ3) is 5.47. The summed E-state index contributed by atoms with van der Waals surface area (Å²) in [7, 11) is -1.90. The molecule has 14 heteroatoms. The van der Waals surface area contributed by atoms with E-state index >= 15 is 0 Å². The second-order valence-electron chi connectivity index (χ2n) is 11.5. The van der Waals surface area contributed by atoms with Crippen molar-refractivity contribution in [2.24, 2.45) is 18.9 Å². The maximum Gasteiger partial charge on any atom is 0.285 e. The van der Waals surface area contributed by atoms with Crippen LogP contribution in [-0.4, -0.2) is 58.0 Å². The van der Waals surface area contributed by atoms with E-state index in [0.29, 0.717) is 41.1 Å². The molecule has 1 aliphatic carbocycles. The van der Waals surface area contributed by atoms with Crippen LogP contribution >= 0.6 is 11.6 Å². The van der Waals surface area contributed by atoms with Crippen molar-refractivity contribution >= 4 is 50.1 Å². The van der Waals surface area contributed by atoms with E-state index < -0.39 is 22.0 Å². The smallest absolute Gasteiger partial charge is 0.285 e. The molecule has 0 spiro atoms. The third-order valence-electron chi connectivity index (χ3n) is 8.27. The third-order valence-corrected chi connectivity index (χ3v) is 9.04. The number of carbonyl (C=O) groups excluding carboxylic acids is 1. The van der Waals surface area contributed by atoms with E-state index in [0.717, 1.165) is 36.2 Å². The lowest BCUT2D eigenvalue weighted by Crippen LogP contribution is -2.33. The minimum absolute atomic E-state index is 0.0400. The van der Waals surface area contributed by atoms with Crippen molar-refractivity contribution in [3.63, 3.8) is 0 Å². The largest absolute Gasteiger partial charge is 0.377 e. The van der Waals surface area contributed by atoms with Crippen molar-refractivity contribution in [2.45, 2.75) is 39.3 Å². The van der Waals surface area contributed by atoms with E-state index in [9.17, 15) is 18.0 Å². The molecule has 226 valence electrons. The quantitative estimate of drug-likeness (QED) is 0.282. The second-order valence-corrected chi connectivity index (χ2v) is 13.6. The number of fused-ring (bicyclic) bond motifs is 2. The monoisotopic (exact) mass is 624 g/mol. The highest BCUT2D eigenvalue weighted by atomic mass is 35.5. The van der Waals surface area contributed by atoms with Crippen molar-refractivity contribution in [2.75, 3.05) is 29.6 Å². The summed E-state index contributed by atoms with van der Waals surface area (Å²) in [6, 6.07) is 8.54. The van der Waals surface area contributed by atoms with E-state index in [1.807, 2.05) is 55.6 Å². The zero-order valence-corrected chi connectivity index (χ0v) is 26.1. The number of piperidine rings is 1. The first-order valence-corrected chi connectivity index (χ1v) is 16.4. The molecule has 12 nitrogen and oxygen atoms in total. The molecule has 4 aromatic rings. The van der Waals surface area contributed by atoms with Crippen LogP contribution in [0.2, 0.25) is 5.15 Å². The van der Waals surface area contributed by atoms with Crippen LogP contribution in [0.3, 0.4) is 0 Å². The normalized spacial score (nSPS) is 20.2. The lowest BCUT2D eigenvalue weighted by atomic mass is 10.0. The van der Waals surface area contributed by atoms with Gasteiger partial charge in [-0.05, 0) is 62.4 Å². The SMILES string of the molecule is CCn1c(N2C[C@@H]3C(c4ccn(C)n4)[C@@H]3C2)nc2c([C@@H](C)Nc3ccc(Cl)nc3C(=O)NS(C)(=O)=O)cc(C)cc2c1=O. The summed E-state index contributed by atoms with van der Waals surface area (Å²) in [6.45, 7) is 7.83. The zero-order valence-electron chi connectivity index (χ0n) is 24.5. The molecular weight excluding hydrogens is 592 g/mol. The van der Waals surface area contributed by atoms with Gasteiger partial charge in [-0.2, -0.15) is 5.10 Å². The number of aromatic nitrogens is 5. The van der Waals surface area contributed by atoms with Gasteiger partial charge in [0.05, 0.1) is 34.6 Å². The number of aryl methyl sites for hydroxylation is 2. The number of anilines is 2. The van der Waals surface area contributed by atoms with Gasteiger partial charge in [-0.3, -0.25) is 18.8 Å². The minimum Gasteiger partial charge on any atom is -0.377 e. The van der Waals surface area contributed by atoms with Gasteiger partial charge in [0.2, 0.25) is 16.0 Å². The van der Waals surface area contributed by atoms with Gasteiger partial charge in [0.15, 0.2) is 5.69 Å². The molecule has 3 aromatic heterocycles. The summed E-state index contributed by atoms with van der Waals surface area (Å²) < 4.78 is 28.9. The Balaban J connectivity index is 1.35. The maximum atomic E-state index is 13.8. The molecule has 1 amide bonds. The zero-order chi connectivity index (χ0) is 30.8. The Hall–Kier alpha value is -3.97. The fourth-order valence-electron chi connectivity index (χ4n) is 6.34. The number of nitrogens with zero attached hydrogens (tertiary/aromatic N) is 6. The van der Waals surface area contributed by atoms with Crippen LogP contribution in [0, 0.1) is 18.8 Å². The summed E-state index contributed by atoms with van der Waals surface area (Å²) >= 11 is 6.04. The maximum absolute atomic E-state index is 13.8. The van der Waals surface area contributed by atoms with Crippen LogP contribution in [0.25, 0.3) is 10.9 Å². The van der Waals surface area contributed by atoms with Gasteiger partial charge in [0, 0.05) is 44.4 Å². The fourth-order valence-corrected chi connectivity index (χ4v) is 6.92. The average Bonchev–Trinajstić information content (AvgIpc) is 3.22. The molecule has 0 radical (unpaired) electrons. The van der Waals surface area contributed by atoms with Crippen molar-refractivity contribution < 1.29 is 13.2 Å². The van der Waals surface area contributed by atoms with Crippen LogP contribution in [0.1, 0.15) is 53.1 Å². The first-order chi connectivity index (χ1) is 20.3. The van der Waals surface area contributed by atoms with Gasteiger partial charge in [-0.25, -0.2) is 23.1 Å². The Kier molecular flexibility index (Phi) is 7.20. The molecule has 0 bridgehead atoms. The molecule has 1 aliphatic heterocycles. The highest BCUT2D eigenvalue weighted by Crippen LogP contribution is 2.58. The van der Waals surface area contributed by atoms with Gasteiger partial charge < -0.3 is 10.2 Å². The highest BCUT2D eigenvalue weighted by Gasteiger charge is 2.57. The van der Waals surface area contributed by atoms with Crippen molar-refractivity contribution in [3.05, 3.63) is 74.6 Å².